The Labute approximate surface area is 89.4 Å². The topological polar surface area (TPSA) is 20.2 Å². The fourth-order valence-electron chi connectivity index (χ4n) is 1.02. The average molecular weight is 251 g/mol. The van der Waals surface area contributed by atoms with Gasteiger partial charge in [0.05, 0.1) is 0 Å². The molecule has 1 radical (unpaired) electrons. The fraction of sp³-hybridized carbons (Fsp3) is 0.889. The Balaban J connectivity index is 4.71. The maximum Gasteiger partial charge on any atom is 0.426 e. The first-order valence-corrected chi connectivity index (χ1v) is 4.59. The fourth-order valence-corrected chi connectivity index (χ4v) is 1.02. The van der Waals surface area contributed by atoms with Gasteiger partial charge in [0, 0.05) is 0 Å². The SMILES string of the molecule is CC(C)C[CH]CC(O)(C(F)(F)F)C(F)(F)F. The van der Waals surface area contributed by atoms with Crippen LogP contribution in [0.5, 0.6) is 0 Å². The first kappa shape index (κ1) is 15.5. The lowest BCUT2D eigenvalue weighted by Gasteiger charge is -2.32. The first-order chi connectivity index (χ1) is 6.92. The smallest absolute Gasteiger partial charge is 0.374 e. The summed E-state index contributed by atoms with van der Waals surface area (Å²) in [7, 11) is 0. The van der Waals surface area contributed by atoms with E-state index < -0.39 is 24.4 Å². The molecular weight excluding hydrogens is 238 g/mol. The van der Waals surface area contributed by atoms with Gasteiger partial charge in [-0.05, 0) is 25.2 Å². The molecule has 0 aromatic rings. The van der Waals surface area contributed by atoms with Gasteiger partial charge >= 0.3 is 12.4 Å². The summed E-state index contributed by atoms with van der Waals surface area (Å²) >= 11 is 0. The number of aliphatic hydroxyl groups is 1. The number of alkyl halides is 6. The standard InChI is InChI=1S/C9H13F6O/c1-6(2)4-3-5-7(16,8(10,11)12)9(13,14)15/h3,6,16H,4-5H2,1-2H3. The Morgan fingerprint density at radius 3 is 1.62 bits per heavy atom. The number of rotatable bonds is 4. The third-order valence-electron chi connectivity index (χ3n) is 2.02. The Bertz CT molecular complexity index is 203. The largest absolute Gasteiger partial charge is 0.426 e. The monoisotopic (exact) mass is 251 g/mol. The average Bonchev–Trinajstić information content (AvgIpc) is 1.98. The number of hydrogen-bond donors (Lipinski definition) is 1. The molecule has 0 aliphatic carbocycles. The van der Waals surface area contributed by atoms with Gasteiger partial charge < -0.3 is 5.11 Å². The molecule has 0 aliphatic heterocycles. The molecule has 0 saturated carbocycles. The molecule has 0 saturated heterocycles. The number of hydrogen-bond acceptors (Lipinski definition) is 1. The molecule has 0 aliphatic rings. The predicted octanol–water partition coefficient (Wildman–Crippen LogP) is 3.48. The van der Waals surface area contributed by atoms with Crippen LogP contribution < -0.4 is 0 Å². The van der Waals surface area contributed by atoms with Gasteiger partial charge in [-0.1, -0.05) is 13.8 Å². The van der Waals surface area contributed by atoms with Gasteiger partial charge in [0.1, 0.15) is 0 Å². The van der Waals surface area contributed by atoms with E-state index in [1.54, 1.807) is 13.8 Å². The summed E-state index contributed by atoms with van der Waals surface area (Å²) in [5, 5.41) is 8.72. The normalized spacial score (nSPS) is 14.6. The molecule has 0 heterocycles. The second-order valence-electron chi connectivity index (χ2n) is 3.98. The Kier molecular flexibility index (Phi) is 4.67. The molecule has 7 heteroatoms. The van der Waals surface area contributed by atoms with Crippen LogP contribution in [0.25, 0.3) is 0 Å². The van der Waals surface area contributed by atoms with E-state index in [1.807, 2.05) is 0 Å². The minimum atomic E-state index is -5.72. The maximum absolute atomic E-state index is 12.1. The summed E-state index contributed by atoms with van der Waals surface area (Å²) in [6, 6.07) is 0. The van der Waals surface area contributed by atoms with Crippen LogP contribution in [0.3, 0.4) is 0 Å². The zero-order chi connectivity index (χ0) is 13.2. The third kappa shape index (κ3) is 3.54. The van der Waals surface area contributed by atoms with Crippen molar-refractivity contribution in [3.05, 3.63) is 6.42 Å². The second-order valence-corrected chi connectivity index (χ2v) is 3.98. The first-order valence-electron chi connectivity index (χ1n) is 4.59. The molecular formula is C9H13F6O. The van der Waals surface area contributed by atoms with Crippen LogP contribution in [0.4, 0.5) is 26.3 Å². The summed E-state index contributed by atoms with van der Waals surface area (Å²) in [6.07, 6.45) is -12.0. The van der Waals surface area contributed by atoms with Gasteiger partial charge in [0.25, 0.3) is 5.60 Å². The summed E-state index contributed by atoms with van der Waals surface area (Å²) in [5.74, 6) is -0.0642. The van der Waals surface area contributed by atoms with Crippen molar-refractivity contribution in [1.29, 1.82) is 0 Å². The lowest BCUT2D eigenvalue weighted by atomic mass is 9.93. The molecule has 0 amide bonds. The highest BCUT2D eigenvalue weighted by molar-refractivity contribution is 4.97. The Morgan fingerprint density at radius 1 is 1.00 bits per heavy atom. The molecule has 0 rings (SSSR count). The highest BCUT2D eigenvalue weighted by atomic mass is 19.4. The van der Waals surface area contributed by atoms with E-state index in [0.717, 1.165) is 6.42 Å². The quantitative estimate of drug-likeness (QED) is 0.758. The Morgan fingerprint density at radius 2 is 1.38 bits per heavy atom. The third-order valence-corrected chi connectivity index (χ3v) is 2.02. The summed E-state index contributed by atoms with van der Waals surface area (Å²) in [6.45, 7) is 3.30. The van der Waals surface area contributed by atoms with E-state index in [-0.39, 0.29) is 12.3 Å². The highest BCUT2D eigenvalue weighted by Crippen LogP contribution is 2.45. The maximum atomic E-state index is 12.1. The Hall–Kier alpha value is -0.460. The molecule has 0 unspecified atom stereocenters. The van der Waals surface area contributed by atoms with Crippen LogP contribution in [-0.4, -0.2) is 23.1 Å². The molecule has 16 heavy (non-hydrogen) atoms. The van der Waals surface area contributed by atoms with Crippen LogP contribution in [0.2, 0.25) is 0 Å². The van der Waals surface area contributed by atoms with Crippen LogP contribution in [0.1, 0.15) is 26.7 Å². The van der Waals surface area contributed by atoms with Crippen LogP contribution in [-0.2, 0) is 0 Å². The van der Waals surface area contributed by atoms with Gasteiger partial charge in [-0.25, -0.2) is 0 Å². The van der Waals surface area contributed by atoms with E-state index in [0.29, 0.717) is 0 Å². The van der Waals surface area contributed by atoms with Crippen LogP contribution in [0, 0.1) is 12.3 Å². The van der Waals surface area contributed by atoms with Crippen molar-refractivity contribution in [2.45, 2.75) is 44.6 Å². The molecule has 0 aromatic carbocycles. The van der Waals surface area contributed by atoms with Crippen molar-refractivity contribution in [2.24, 2.45) is 5.92 Å². The van der Waals surface area contributed by atoms with Gasteiger partial charge in [-0.15, -0.1) is 0 Å². The van der Waals surface area contributed by atoms with Crippen molar-refractivity contribution in [3.63, 3.8) is 0 Å². The van der Waals surface area contributed by atoms with Gasteiger partial charge in [-0.2, -0.15) is 26.3 Å². The zero-order valence-electron chi connectivity index (χ0n) is 8.78. The van der Waals surface area contributed by atoms with E-state index in [2.05, 4.69) is 0 Å². The van der Waals surface area contributed by atoms with E-state index in [9.17, 15) is 26.3 Å². The molecule has 1 nitrogen and oxygen atoms in total. The van der Waals surface area contributed by atoms with E-state index in [4.69, 9.17) is 5.11 Å². The summed E-state index contributed by atoms with van der Waals surface area (Å²) < 4.78 is 72.8. The lowest BCUT2D eigenvalue weighted by molar-refractivity contribution is -0.367. The molecule has 0 atom stereocenters. The minimum Gasteiger partial charge on any atom is -0.374 e. The van der Waals surface area contributed by atoms with Crippen molar-refractivity contribution < 1.29 is 31.4 Å². The zero-order valence-corrected chi connectivity index (χ0v) is 8.78. The molecule has 0 bridgehead atoms. The van der Waals surface area contributed by atoms with Crippen molar-refractivity contribution in [3.8, 4) is 0 Å². The minimum absolute atomic E-state index is 0.0642. The van der Waals surface area contributed by atoms with Gasteiger partial charge in [0.2, 0.25) is 0 Å². The van der Waals surface area contributed by atoms with Crippen LogP contribution >= 0.6 is 0 Å². The van der Waals surface area contributed by atoms with Crippen molar-refractivity contribution in [2.75, 3.05) is 0 Å². The van der Waals surface area contributed by atoms with Crippen LogP contribution in [0.15, 0.2) is 0 Å². The molecule has 97 valence electrons. The molecule has 1 N–H and O–H groups in total. The van der Waals surface area contributed by atoms with Crippen molar-refractivity contribution >= 4 is 0 Å². The summed E-state index contributed by atoms with van der Waals surface area (Å²) in [4.78, 5) is 0. The van der Waals surface area contributed by atoms with Gasteiger partial charge in [-0.3, -0.25) is 0 Å². The molecule has 0 spiro atoms. The molecule has 0 aromatic heterocycles. The van der Waals surface area contributed by atoms with E-state index in [1.165, 1.54) is 0 Å². The lowest BCUT2D eigenvalue weighted by Crippen LogP contribution is -2.56. The second kappa shape index (κ2) is 4.81. The summed E-state index contributed by atoms with van der Waals surface area (Å²) in [5.41, 5.74) is -4.64. The van der Waals surface area contributed by atoms with Gasteiger partial charge in [0.15, 0.2) is 0 Å². The number of halogens is 6. The molecule has 0 fully saturated rings. The highest BCUT2D eigenvalue weighted by Gasteiger charge is 2.69. The predicted molar refractivity (Wildman–Crippen MR) is 45.4 cm³/mol. The van der Waals surface area contributed by atoms with E-state index >= 15 is 0 Å². The van der Waals surface area contributed by atoms with Crippen molar-refractivity contribution in [1.82, 2.24) is 0 Å².